The summed E-state index contributed by atoms with van der Waals surface area (Å²) in [4.78, 5) is 4.35. The van der Waals surface area contributed by atoms with E-state index in [-0.39, 0.29) is 29.0 Å². The topological polar surface area (TPSA) is 93.6 Å². The lowest BCUT2D eigenvalue weighted by atomic mass is 10.2. The summed E-state index contributed by atoms with van der Waals surface area (Å²) < 4.78 is 56.5. The van der Waals surface area contributed by atoms with E-state index in [1.807, 2.05) is 0 Å². The molecule has 1 atom stereocenters. The first-order chi connectivity index (χ1) is 12.8. The highest BCUT2D eigenvalue weighted by Crippen LogP contribution is 2.23. The van der Waals surface area contributed by atoms with Crippen LogP contribution in [-0.2, 0) is 31.1 Å². The van der Waals surface area contributed by atoms with E-state index in [4.69, 9.17) is 4.74 Å². The fraction of sp³-hybridized carbons (Fsp3) is 0.389. The molecule has 27 heavy (non-hydrogen) atoms. The lowest BCUT2D eigenvalue weighted by Crippen LogP contribution is -2.37. The number of hydrogen-bond acceptors (Lipinski definition) is 6. The number of benzene rings is 1. The Bertz CT molecular complexity index is 968. The molecule has 1 saturated heterocycles. The highest BCUT2D eigenvalue weighted by Gasteiger charge is 2.29. The van der Waals surface area contributed by atoms with Crippen LogP contribution < -0.4 is 0 Å². The van der Waals surface area contributed by atoms with Gasteiger partial charge < -0.3 is 4.74 Å². The Hall–Kier alpha value is -1.81. The van der Waals surface area contributed by atoms with Gasteiger partial charge in [0.2, 0.25) is 10.0 Å². The fourth-order valence-corrected chi connectivity index (χ4v) is 5.02. The summed E-state index contributed by atoms with van der Waals surface area (Å²) in [7, 11) is -7.22. The third-order valence-electron chi connectivity index (χ3n) is 4.39. The largest absolute Gasteiger partial charge is 0.377 e. The van der Waals surface area contributed by atoms with Gasteiger partial charge in [-0.15, -0.1) is 0 Å². The van der Waals surface area contributed by atoms with E-state index in [9.17, 15) is 16.8 Å². The molecule has 1 aliphatic heterocycles. The monoisotopic (exact) mass is 410 g/mol. The molecule has 146 valence electrons. The van der Waals surface area contributed by atoms with Crippen LogP contribution in [0.25, 0.3) is 0 Å². The third-order valence-corrected chi connectivity index (χ3v) is 7.34. The molecule has 2 aromatic rings. The second-order valence-electron chi connectivity index (χ2n) is 6.50. The summed E-state index contributed by atoms with van der Waals surface area (Å²) in [6.07, 6.45) is 4.26. The predicted octanol–water partition coefficient (Wildman–Crippen LogP) is 1.86. The molecule has 0 spiro atoms. The maximum absolute atomic E-state index is 13.2. The summed E-state index contributed by atoms with van der Waals surface area (Å²) in [5.74, 6) is 0. The zero-order valence-electron chi connectivity index (χ0n) is 15.0. The van der Waals surface area contributed by atoms with Crippen LogP contribution in [0.3, 0.4) is 0 Å². The van der Waals surface area contributed by atoms with Gasteiger partial charge in [0.1, 0.15) is 0 Å². The standard InChI is InChI=1S/C18H22N2O5S2/c1-26(21,22)17-7-9-18(10-8-17)27(23,24)20(14-16-6-4-12-25-16)13-15-5-2-3-11-19-15/h2-3,5,7-11,16H,4,6,12-14H2,1H3. The van der Waals surface area contributed by atoms with Crippen molar-refractivity contribution in [3.05, 3.63) is 54.4 Å². The van der Waals surface area contributed by atoms with Crippen LogP contribution in [-0.4, -0.2) is 51.6 Å². The van der Waals surface area contributed by atoms with Gasteiger partial charge in [-0.3, -0.25) is 4.98 Å². The van der Waals surface area contributed by atoms with Crippen molar-refractivity contribution in [2.24, 2.45) is 0 Å². The number of ether oxygens (including phenoxy) is 1. The van der Waals surface area contributed by atoms with Gasteiger partial charge in [-0.1, -0.05) is 6.07 Å². The van der Waals surface area contributed by atoms with Gasteiger partial charge >= 0.3 is 0 Å². The number of hydrogen-bond donors (Lipinski definition) is 0. The summed E-state index contributed by atoms with van der Waals surface area (Å²) >= 11 is 0. The molecule has 1 aromatic carbocycles. The van der Waals surface area contributed by atoms with Crippen molar-refractivity contribution >= 4 is 19.9 Å². The van der Waals surface area contributed by atoms with Gasteiger partial charge in [0.25, 0.3) is 0 Å². The summed E-state index contributed by atoms with van der Waals surface area (Å²) in [5.41, 5.74) is 0.631. The van der Waals surface area contributed by atoms with Gasteiger partial charge in [0, 0.05) is 25.6 Å². The third kappa shape index (κ3) is 4.92. The molecule has 1 unspecified atom stereocenters. The lowest BCUT2D eigenvalue weighted by molar-refractivity contribution is 0.0924. The summed E-state index contributed by atoms with van der Waals surface area (Å²) in [6.45, 7) is 0.981. The zero-order chi connectivity index (χ0) is 19.5. The summed E-state index contributed by atoms with van der Waals surface area (Å²) in [6, 6.07) is 10.6. The maximum atomic E-state index is 13.2. The van der Waals surface area contributed by atoms with Gasteiger partial charge in [-0.2, -0.15) is 4.31 Å². The second kappa shape index (κ2) is 8.05. The first-order valence-corrected chi connectivity index (χ1v) is 11.9. The van der Waals surface area contributed by atoms with Gasteiger partial charge in [-0.25, -0.2) is 16.8 Å². The molecule has 1 fully saturated rings. The van der Waals surface area contributed by atoms with Crippen LogP contribution in [0.5, 0.6) is 0 Å². The van der Waals surface area contributed by atoms with Crippen molar-refractivity contribution in [2.45, 2.75) is 35.3 Å². The van der Waals surface area contributed by atoms with Crippen molar-refractivity contribution in [2.75, 3.05) is 19.4 Å². The van der Waals surface area contributed by atoms with Crippen LogP contribution >= 0.6 is 0 Å². The zero-order valence-corrected chi connectivity index (χ0v) is 16.6. The molecule has 3 rings (SSSR count). The van der Waals surface area contributed by atoms with Crippen molar-refractivity contribution in [1.82, 2.24) is 9.29 Å². The number of pyridine rings is 1. The Balaban J connectivity index is 1.90. The number of aromatic nitrogens is 1. The van der Waals surface area contributed by atoms with Crippen molar-refractivity contribution in [1.29, 1.82) is 0 Å². The summed E-state index contributed by atoms with van der Waals surface area (Å²) in [5, 5.41) is 0. The van der Waals surface area contributed by atoms with E-state index >= 15 is 0 Å². The lowest BCUT2D eigenvalue weighted by Gasteiger charge is -2.24. The van der Waals surface area contributed by atoms with E-state index in [2.05, 4.69) is 4.98 Å². The van der Waals surface area contributed by atoms with Crippen LogP contribution in [0.4, 0.5) is 0 Å². The first kappa shape index (κ1) is 19.9. The average molecular weight is 411 g/mol. The number of rotatable bonds is 7. The SMILES string of the molecule is CS(=O)(=O)c1ccc(S(=O)(=O)N(Cc2ccccn2)CC2CCCO2)cc1. The van der Waals surface area contributed by atoms with E-state index in [1.165, 1.54) is 28.6 Å². The molecule has 0 saturated carbocycles. The smallest absolute Gasteiger partial charge is 0.243 e. The second-order valence-corrected chi connectivity index (χ2v) is 10.5. The fourth-order valence-electron chi connectivity index (χ4n) is 2.94. The molecule has 2 heterocycles. The molecule has 0 aliphatic carbocycles. The van der Waals surface area contributed by atoms with E-state index in [0.717, 1.165) is 19.1 Å². The molecule has 1 aliphatic rings. The number of sulfone groups is 1. The van der Waals surface area contributed by atoms with Crippen LogP contribution in [0, 0.1) is 0 Å². The van der Waals surface area contributed by atoms with Gasteiger partial charge in [0.15, 0.2) is 9.84 Å². The Morgan fingerprint density at radius 1 is 1.07 bits per heavy atom. The quantitative estimate of drug-likeness (QED) is 0.692. The van der Waals surface area contributed by atoms with Crippen molar-refractivity contribution in [3.63, 3.8) is 0 Å². The van der Waals surface area contributed by atoms with E-state index in [0.29, 0.717) is 12.3 Å². The molecule has 1 aromatic heterocycles. The van der Waals surface area contributed by atoms with E-state index < -0.39 is 19.9 Å². The molecule has 9 heteroatoms. The average Bonchev–Trinajstić information content (AvgIpc) is 3.14. The van der Waals surface area contributed by atoms with Crippen LogP contribution in [0.1, 0.15) is 18.5 Å². The Labute approximate surface area is 160 Å². The molecular formula is C18H22N2O5S2. The molecule has 0 radical (unpaired) electrons. The Morgan fingerprint density at radius 3 is 2.33 bits per heavy atom. The highest BCUT2D eigenvalue weighted by molar-refractivity contribution is 7.90. The minimum absolute atomic E-state index is 0.0452. The molecule has 0 amide bonds. The molecule has 7 nitrogen and oxygen atoms in total. The van der Waals surface area contributed by atoms with E-state index in [1.54, 1.807) is 24.4 Å². The normalized spacial score (nSPS) is 18.1. The van der Waals surface area contributed by atoms with Crippen molar-refractivity contribution < 1.29 is 21.6 Å². The van der Waals surface area contributed by atoms with Gasteiger partial charge in [-0.05, 0) is 49.2 Å². The minimum atomic E-state index is -3.83. The Morgan fingerprint density at radius 2 is 1.78 bits per heavy atom. The number of sulfonamides is 1. The van der Waals surface area contributed by atoms with Crippen molar-refractivity contribution in [3.8, 4) is 0 Å². The molecule has 0 bridgehead atoms. The van der Waals surface area contributed by atoms with Crippen LogP contribution in [0.2, 0.25) is 0 Å². The molecule has 0 N–H and O–H groups in total. The molecular weight excluding hydrogens is 388 g/mol. The van der Waals surface area contributed by atoms with Crippen LogP contribution in [0.15, 0.2) is 58.5 Å². The first-order valence-electron chi connectivity index (χ1n) is 8.58. The predicted molar refractivity (Wildman–Crippen MR) is 100 cm³/mol. The maximum Gasteiger partial charge on any atom is 0.243 e. The minimum Gasteiger partial charge on any atom is -0.377 e. The Kier molecular flexibility index (Phi) is 5.95. The van der Waals surface area contributed by atoms with Gasteiger partial charge in [0.05, 0.1) is 28.1 Å². The highest BCUT2D eigenvalue weighted by atomic mass is 32.2. The number of nitrogens with zero attached hydrogens (tertiary/aromatic N) is 2.